The number of H-pyrrole nitrogens is 1. The highest BCUT2D eigenvalue weighted by Crippen LogP contribution is 2.23. The Balaban J connectivity index is 1.63. The topological polar surface area (TPSA) is 76.2 Å². The normalized spacial score (nSPS) is 10.5. The SMILES string of the molecule is COc1cc(CCc2cc(NC(=O)c3ccccc3C)n[nH]2)cc(OC)c1. The molecule has 140 valence electrons. The standard InChI is InChI=1S/C21H23N3O3/c1-14-6-4-5-7-19(14)21(25)22-20-12-16(23-24-20)9-8-15-10-17(26-2)13-18(11-15)27-3/h4-7,10-13H,8-9H2,1-3H3,(H2,22,23,24,25). The van der Waals surface area contributed by atoms with Crippen molar-refractivity contribution < 1.29 is 14.3 Å². The molecule has 3 aromatic rings. The minimum atomic E-state index is -0.163. The van der Waals surface area contributed by atoms with Gasteiger partial charge < -0.3 is 14.8 Å². The third-order valence-corrected chi connectivity index (χ3v) is 4.36. The number of hydrogen-bond acceptors (Lipinski definition) is 4. The van der Waals surface area contributed by atoms with Crippen molar-refractivity contribution in [1.29, 1.82) is 0 Å². The number of nitrogens with one attached hydrogen (secondary N) is 2. The third-order valence-electron chi connectivity index (χ3n) is 4.36. The summed E-state index contributed by atoms with van der Waals surface area (Å²) in [5.41, 5.74) is 3.62. The quantitative estimate of drug-likeness (QED) is 0.668. The van der Waals surface area contributed by atoms with Gasteiger partial charge in [0.1, 0.15) is 11.5 Å². The lowest BCUT2D eigenvalue weighted by molar-refractivity contribution is 0.102. The van der Waals surface area contributed by atoms with E-state index in [-0.39, 0.29) is 5.91 Å². The molecule has 0 bridgehead atoms. The van der Waals surface area contributed by atoms with E-state index in [9.17, 15) is 4.79 Å². The van der Waals surface area contributed by atoms with E-state index in [4.69, 9.17) is 9.47 Å². The first-order valence-corrected chi connectivity index (χ1v) is 8.72. The average Bonchev–Trinajstić information content (AvgIpc) is 3.13. The molecule has 0 atom stereocenters. The largest absolute Gasteiger partial charge is 0.497 e. The van der Waals surface area contributed by atoms with Crippen molar-refractivity contribution in [3.05, 3.63) is 70.9 Å². The first kappa shape index (κ1) is 18.5. The van der Waals surface area contributed by atoms with Crippen molar-refractivity contribution in [2.75, 3.05) is 19.5 Å². The van der Waals surface area contributed by atoms with E-state index in [0.29, 0.717) is 11.4 Å². The fourth-order valence-corrected chi connectivity index (χ4v) is 2.85. The van der Waals surface area contributed by atoms with Gasteiger partial charge in [0, 0.05) is 23.4 Å². The van der Waals surface area contributed by atoms with Gasteiger partial charge >= 0.3 is 0 Å². The summed E-state index contributed by atoms with van der Waals surface area (Å²) in [5.74, 6) is 1.88. The third kappa shape index (κ3) is 4.67. The molecule has 0 aliphatic heterocycles. The van der Waals surface area contributed by atoms with Crippen LogP contribution < -0.4 is 14.8 Å². The number of methoxy groups -OCH3 is 2. The zero-order valence-electron chi connectivity index (χ0n) is 15.7. The summed E-state index contributed by atoms with van der Waals surface area (Å²) in [6, 6.07) is 15.1. The number of carbonyl (C=O) groups is 1. The Kier molecular flexibility index (Phi) is 5.76. The van der Waals surface area contributed by atoms with Crippen molar-refractivity contribution >= 4 is 11.7 Å². The second kappa shape index (κ2) is 8.40. The number of aromatic nitrogens is 2. The van der Waals surface area contributed by atoms with E-state index >= 15 is 0 Å². The summed E-state index contributed by atoms with van der Waals surface area (Å²) in [7, 11) is 3.27. The Morgan fingerprint density at radius 1 is 1.04 bits per heavy atom. The lowest BCUT2D eigenvalue weighted by atomic mass is 10.1. The molecule has 0 aliphatic rings. The second-order valence-corrected chi connectivity index (χ2v) is 6.27. The molecule has 1 aromatic heterocycles. The summed E-state index contributed by atoms with van der Waals surface area (Å²) in [5, 5.41) is 9.99. The second-order valence-electron chi connectivity index (χ2n) is 6.27. The molecule has 3 rings (SSSR count). The molecule has 0 aliphatic carbocycles. The van der Waals surface area contributed by atoms with E-state index in [2.05, 4.69) is 15.5 Å². The number of amides is 1. The highest BCUT2D eigenvalue weighted by molar-refractivity contribution is 6.04. The van der Waals surface area contributed by atoms with Crippen LogP contribution in [0.4, 0.5) is 5.82 Å². The van der Waals surface area contributed by atoms with E-state index in [1.807, 2.05) is 49.4 Å². The van der Waals surface area contributed by atoms with Crippen LogP contribution in [0.15, 0.2) is 48.5 Å². The number of aromatic amines is 1. The number of benzene rings is 2. The Morgan fingerprint density at radius 3 is 2.41 bits per heavy atom. The summed E-state index contributed by atoms with van der Waals surface area (Å²) in [6.45, 7) is 1.91. The molecular weight excluding hydrogens is 342 g/mol. The monoisotopic (exact) mass is 365 g/mol. The van der Waals surface area contributed by atoms with Crippen LogP contribution in [0, 0.1) is 6.92 Å². The Morgan fingerprint density at radius 2 is 1.74 bits per heavy atom. The van der Waals surface area contributed by atoms with Crippen LogP contribution in [0.5, 0.6) is 11.5 Å². The van der Waals surface area contributed by atoms with Crippen LogP contribution in [0.25, 0.3) is 0 Å². The van der Waals surface area contributed by atoms with Crippen LogP contribution in [0.1, 0.15) is 27.2 Å². The Hall–Kier alpha value is -3.28. The van der Waals surface area contributed by atoms with Gasteiger partial charge in [0.2, 0.25) is 0 Å². The fraction of sp³-hybridized carbons (Fsp3) is 0.238. The number of aryl methyl sites for hydroxylation is 3. The van der Waals surface area contributed by atoms with E-state index in [1.54, 1.807) is 20.3 Å². The molecule has 1 amide bonds. The van der Waals surface area contributed by atoms with Gasteiger partial charge in [0.25, 0.3) is 5.91 Å². The molecule has 6 heteroatoms. The summed E-state index contributed by atoms with van der Waals surface area (Å²) in [4.78, 5) is 12.4. The predicted octanol–water partition coefficient (Wildman–Crippen LogP) is 3.77. The van der Waals surface area contributed by atoms with Crippen molar-refractivity contribution in [1.82, 2.24) is 10.2 Å². The highest BCUT2D eigenvalue weighted by atomic mass is 16.5. The van der Waals surface area contributed by atoms with Crippen LogP contribution in [-0.4, -0.2) is 30.3 Å². The molecule has 0 saturated heterocycles. The summed E-state index contributed by atoms with van der Waals surface area (Å²) < 4.78 is 10.6. The number of hydrogen-bond donors (Lipinski definition) is 2. The van der Waals surface area contributed by atoms with Gasteiger partial charge in [-0.1, -0.05) is 18.2 Å². The van der Waals surface area contributed by atoms with Crippen LogP contribution in [-0.2, 0) is 12.8 Å². The Bertz CT molecular complexity index is 912. The van der Waals surface area contributed by atoms with Gasteiger partial charge in [0.15, 0.2) is 5.82 Å². The molecule has 0 radical (unpaired) electrons. The summed E-state index contributed by atoms with van der Waals surface area (Å²) >= 11 is 0. The molecule has 2 aromatic carbocycles. The first-order chi connectivity index (χ1) is 13.1. The zero-order chi connectivity index (χ0) is 19.2. The van der Waals surface area contributed by atoms with E-state index in [1.165, 1.54) is 0 Å². The maximum Gasteiger partial charge on any atom is 0.257 e. The van der Waals surface area contributed by atoms with Crippen molar-refractivity contribution in [3.8, 4) is 11.5 Å². The molecule has 6 nitrogen and oxygen atoms in total. The maximum atomic E-state index is 12.4. The van der Waals surface area contributed by atoms with Crippen LogP contribution >= 0.6 is 0 Å². The average molecular weight is 365 g/mol. The first-order valence-electron chi connectivity index (χ1n) is 8.72. The molecule has 1 heterocycles. The van der Waals surface area contributed by atoms with Gasteiger partial charge in [-0.05, 0) is 49.1 Å². The summed E-state index contributed by atoms with van der Waals surface area (Å²) in [6.07, 6.45) is 1.55. The van der Waals surface area contributed by atoms with Crippen molar-refractivity contribution in [2.24, 2.45) is 0 Å². The van der Waals surface area contributed by atoms with Crippen LogP contribution in [0.3, 0.4) is 0 Å². The molecule has 0 saturated carbocycles. The smallest absolute Gasteiger partial charge is 0.257 e. The zero-order valence-corrected chi connectivity index (χ0v) is 15.7. The van der Waals surface area contributed by atoms with Crippen molar-refractivity contribution in [2.45, 2.75) is 19.8 Å². The van der Waals surface area contributed by atoms with Gasteiger partial charge in [-0.3, -0.25) is 9.89 Å². The number of rotatable bonds is 7. The van der Waals surface area contributed by atoms with Gasteiger partial charge in [-0.25, -0.2) is 0 Å². The van der Waals surface area contributed by atoms with Gasteiger partial charge in [0.05, 0.1) is 14.2 Å². The van der Waals surface area contributed by atoms with Gasteiger partial charge in [-0.2, -0.15) is 5.10 Å². The minimum absolute atomic E-state index is 0.163. The van der Waals surface area contributed by atoms with Gasteiger partial charge in [-0.15, -0.1) is 0 Å². The lowest BCUT2D eigenvalue weighted by Crippen LogP contribution is -2.13. The highest BCUT2D eigenvalue weighted by Gasteiger charge is 2.11. The number of carbonyl (C=O) groups excluding carboxylic acids is 1. The lowest BCUT2D eigenvalue weighted by Gasteiger charge is -2.08. The molecule has 0 unspecified atom stereocenters. The maximum absolute atomic E-state index is 12.4. The molecule has 0 fully saturated rings. The molecular formula is C21H23N3O3. The van der Waals surface area contributed by atoms with Crippen LogP contribution in [0.2, 0.25) is 0 Å². The number of ether oxygens (including phenoxy) is 2. The molecule has 2 N–H and O–H groups in total. The Labute approximate surface area is 158 Å². The number of nitrogens with zero attached hydrogens (tertiary/aromatic N) is 1. The predicted molar refractivity (Wildman–Crippen MR) is 105 cm³/mol. The van der Waals surface area contributed by atoms with Crippen molar-refractivity contribution in [3.63, 3.8) is 0 Å². The van der Waals surface area contributed by atoms with E-state index < -0.39 is 0 Å². The molecule has 0 spiro atoms. The minimum Gasteiger partial charge on any atom is -0.497 e. The number of anilines is 1. The van der Waals surface area contributed by atoms with E-state index in [0.717, 1.165) is 41.2 Å². The fourth-order valence-electron chi connectivity index (χ4n) is 2.85. The molecule has 27 heavy (non-hydrogen) atoms.